The smallest absolute Gasteiger partial charge is 0.336 e. The van der Waals surface area contributed by atoms with Crippen LogP contribution in [0.25, 0.3) is 5.69 Å². The molecule has 0 radical (unpaired) electrons. The number of halogens is 2. The molecule has 0 fully saturated rings. The Bertz CT molecular complexity index is 830. The number of imidazole rings is 1. The summed E-state index contributed by atoms with van der Waals surface area (Å²) in [6.07, 6.45) is 2.12. The molecule has 108 valence electrons. The number of nitriles is 1. The summed E-state index contributed by atoms with van der Waals surface area (Å²) in [6, 6.07) is 2.99. The topological polar surface area (TPSA) is 71.0 Å². The molecule has 0 unspecified atom stereocenters. The highest BCUT2D eigenvalue weighted by Crippen LogP contribution is 2.27. The molecule has 5 nitrogen and oxygen atoms in total. The van der Waals surface area contributed by atoms with Crippen LogP contribution in [-0.4, -0.2) is 14.2 Å². The van der Waals surface area contributed by atoms with Gasteiger partial charge in [0.1, 0.15) is 17.7 Å². The quantitative estimate of drug-likeness (QED) is 0.871. The van der Waals surface area contributed by atoms with Crippen molar-refractivity contribution in [2.75, 3.05) is 0 Å². The average Bonchev–Trinajstić information content (AvgIpc) is 2.74. The Morgan fingerprint density at radius 2 is 2.00 bits per heavy atom. The average molecular weight is 291 g/mol. The molecule has 1 aliphatic heterocycles. The van der Waals surface area contributed by atoms with Crippen LogP contribution in [0.3, 0.4) is 0 Å². The molecule has 2 heterocycles. The first-order valence-corrected chi connectivity index (χ1v) is 6.47. The van der Waals surface area contributed by atoms with Crippen LogP contribution in [0.1, 0.15) is 24.1 Å². The maximum atomic E-state index is 14.0. The monoisotopic (exact) mass is 291 g/mol. The molecule has 0 aliphatic carbocycles. The second kappa shape index (κ2) is 4.74. The van der Waals surface area contributed by atoms with E-state index in [-0.39, 0.29) is 5.88 Å². The molecule has 0 bridgehead atoms. The molecule has 1 aromatic carbocycles. The van der Waals surface area contributed by atoms with Gasteiger partial charge in [-0.05, 0) is 25.3 Å². The lowest BCUT2D eigenvalue weighted by molar-refractivity contribution is 0.423. The zero-order chi connectivity index (χ0) is 15.1. The highest BCUT2D eigenvalue weighted by molar-refractivity contribution is 5.45. The van der Waals surface area contributed by atoms with E-state index in [0.717, 1.165) is 23.5 Å². The van der Waals surface area contributed by atoms with Gasteiger partial charge in [0, 0.05) is 12.6 Å². The van der Waals surface area contributed by atoms with E-state index in [0.29, 0.717) is 24.7 Å². The molecular formula is C14H11F2N3O2. The Morgan fingerprint density at radius 3 is 2.67 bits per heavy atom. The van der Waals surface area contributed by atoms with E-state index in [1.165, 1.54) is 10.6 Å². The number of rotatable bonds is 1. The van der Waals surface area contributed by atoms with Crippen LogP contribution in [0.15, 0.2) is 16.9 Å². The van der Waals surface area contributed by atoms with E-state index in [2.05, 4.69) is 0 Å². The van der Waals surface area contributed by atoms with Crippen LogP contribution in [0, 0.1) is 23.0 Å². The predicted molar refractivity (Wildman–Crippen MR) is 69.3 cm³/mol. The van der Waals surface area contributed by atoms with Crippen molar-refractivity contribution in [2.24, 2.45) is 0 Å². The number of nitrogens with zero attached hydrogens (tertiary/aromatic N) is 3. The highest BCUT2D eigenvalue weighted by Gasteiger charge is 2.25. The SMILES string of the molecule is N#Cc1cc(F)c(-n2c(O)c3n(c2=O)CCCC3)cc1F. The molecule has 1 aromatic heterocycles. The molecule has 2 aromatic rings. The summed E-state index contributed by atoms with van der Waals surface area (Å²) in [5.41, 5.74) is -1.02. The molecule has 0 amide bonds. The van der Waals surface area contributed by atoms with Crippen LogP contribution in [-0.2, 0) is 13.0 Å². The third-order valence-corrected chi connectivity index (χ3v) is 3.66. The van der Waals surface area contributed by atoms with Crippen molar-refractivity contribution in [1.29, 1.82) is 5.26 Å². The molecule has 7 heteroatoms. The minimum atomic E-state index is -0.940. The number of hydrogen-bond acceptors (Lipinski definition) is 3. The first-order valence-electron chi connectivity index (χ1n) is 6.47. The lowest BCUT2D eigenvalue weighted by atomic mass is 10.1. The normalized spacial score (nSPS) is 13.8. The number of benzene rings is 1. The predicted octanol–water partition coefficient (Wildman–Crippen LogP) is 1.83. The zero-order valence-corrected chi connectivity index (χ0v) is 10.9. The van der Waals surface area contributed by atoms with Gasteiger partial charge in [-0.3, -0.25) is 4.57 Å². The molecule has 21 heavy (non-hydrogen) atoms. The first kappa shape index (κ1) is 13.4. The van der Waals surface area contributed by atoms with Crippen LogP contribution < -0.4 is 5.69 Å². The first-order chi connectivity index (χ1) is 10.0. The van der Waals surface area contributed by atoms with Crippen molar-refractivity contribution in [1.82, 2.24) is 9.13 Å². The Morgan fingerprint density at radius 1 is 1.24 bits per heavy atom. The number of hydrogen-bond donors (Lipinski definition) is 1. The summed E-state index contributed by atoms with van der Waals surface area (Å²) in [4.78, 5) is 12.3. The van der Waals surface area contributed by atoms with Gasteiger partial charge in [-0.2, -0.15) is 5.26 Å². The van der Waals surface area contributed by atoms with Crippen LogP contribution in [0.4, 0.5) is 8.78 Å². The van der Waals surface area contributed by atoms with Gasteiger partial charge in [0.05, 0.1) is 16.9 Å². The second-order valence-corrected chi connectivity index (χ2v) is 4.89. The summed E-state index contributed by atoms with van der Waals surface area (Å²) in [5, 5.41) is 18.8. The maximum absolute atomic E-state index is 14.0. The van der Waals surface area contributed by atoms with Gasteiger partial charge in [0.2, 0.25) is 5.88 Å². The van der Waals surface area contributed by atoms with E-state index < -0.39 is 28.6 Å². The Hall–Kier alpha value is -2.62. The fourth-order valence-corrected chi connectivity index (χ4v) is 2.63. The van der Waals surface area contributed by atoms with E-state index in [9.17, 15) is 18.7 Å². The molecule has 1 N–H and O–H groups in total. The van der Waals surface area contributed by atoms with Crippen molar-refractivity contribution in [3.63, 3.8) is 0 Å². The van der Waals surface area contributed by atoms with E-state index >= 15 is 0 Å². The Balaban J connectivity index is 2.28. The lowest BCUT2D eigenvalue weighted by Gasteiger charge is -2.11. The zero-order valence-electron chi connectivity index (χ0n) is 10.9. The number of fused-ring (bicyclic) bond motifs is 1. The summed E-state index contributed by atoms with van der Waals surface area (Å²) in [6.45, 7) is 0.440. The second-order valence-electron chi connectivity index (χ2n) is 4.89. The molecule has 0 saturated heterocycles. The highest BCUT2D eigenvalue weighted by atomic mass is 19.1. The Kier molecular flexibility index (Phi) is 3.01. The van der Waals surface area contributed by atoms with Crippen LogP contribution >= 0.6 is 0 Å². The van der Waals surface area contributed by atoms with Gasteiger partial charge in [0.25, 0.3) is 0 Å². The molecule has 0 spiro atoms. The molecule has 0 saturated carbocycles. The minimum Gasteiger partial charge on any atom is -0.493 e. The summed E-state index contributed by atoms with van der Waals surface area (Å²) in [5.74, 6) is -2.25. The van der Waals surface area contributed by atoms with E-state index in [1.807, 2.05) is 0 Å². The van der Waals surface area contributed by atoms with Gasteiger partial charge >= 0.3 is 5.69 Å². The third kappa shape index (κ3) is 1.91. The van der Waals surface area contributed by atoms with Crippen LogP contribution in [0.5, 0.6) is 5.88 Å². The molecule has 3 rings (SSSR count). The van der Waals surface area contributed by atoms with Gasteiger partial charge in [-0.1, -0.05) is 0 Å². The van der Waals surface area contributed by atoms with Crippen molar-refractivity contribution in [3.8, 4) is 17.6 Å². The Labute approximate surface area is 118 Å². The van der Waals surface area contributed by atoms with Crippen molar-refractivity contribution in [2.45, 2.75) is 25.8 Å². The fraction of sp³-hybridized carbons (Fsp3) is 0.286. The van der Waals surface area contributed by atoms with E-state index in [4.69, 9.17) is 5.26 Å². The summed E-state index contributed by atoms with van der Waals surface area (Å²) >= 11 is 0. The fourth-order valence-electron chi connectivity index (χ4n) is 2.63. The van der Waals surface area contributed by atoms with Gasteiger partial charge < -0.3 is 5.11 Å². The van der Waals surface area contributed by atoms with Gasteiger partial charge in [0.15, 0.2) is 0 Å². The van der Waals surface area contributed by atoms with E-state index in [1.54, 1.807) is 0 Å². The number of aromatic hydroxyl groups is 1. The largest absolute Gasteiger partial charge is 0.493 e. The van der Waals surface area contributed by atoms with Gasteiger partial charge in [-0.25, -0.2) is 18.1 Å². The maximum Gasteiger partial charge on any atom is 0.336 e. The minimum absolute atomic E-state index is 0.372. The third-order valence-electron chi connectivity index (χ3n) is 3.66. The van der Waals surface area contributed by atoms with Crippen molar-refractivity contribution < 1.29 is 13.9 Å². The molecular weight excluding hydrogens is 280 g/mol. The number of aromatic nitrogens is 2. The van der Waals surface area contributed by atoms with Crippen molar-refractivity contribution >= 4 is 0 Å². The molecule has 0 atom stereocenters. The van der Waals surface area contributed by atoms with Gasteiger partial charge in [-0.15, -0.1) is 0 Å². The standard InChI is InChI=1S/C14H11F2N3O2/c15-9-6-12(10(16)5-8(9)7-17)19-13(20)11-3-1-2-4-18(11)14(19)21/h5-6,20H,1-4H2. The van der Waals surface area contributed by atoms with Crippen molar-refractivity contribution in [3.05, 3.63) is 45.5 Å². The van der Waals surface area contributed by atoms with Crippen LogP contribution in [0.2, 0.25) is 0 Å². The lowest BCUT2D eigenvalue weighted by Crippen LogP contribution is -2.26. The summed E-state index contributed by atoms with van der Waals surface area (Å²) < 4.78 is 29.8. The molecule has 1 aliphatic rings. The summed E-state index contributed by atoms with van der Waals surface area (Å²) in [7, 11) is 0.